The van der Waals surface area contributed by atoms with Gasteiger partial charge in [-0.2, -0.15) is 5.10 Å². The molecule has 1 atom stereocenters. The van der Waals surface area contributed by atoms with E-state index in [-0.39, 0.29) is 18.7 Å². The maximum Gasteiger partial charge on any atom is 0.258 e. The predicted molar refractivity (Wildman–Crippen MR) is 117 cm³/mol. The molecule has 2 heterocycles. The standard InChI is InChI=1S/C25H27N3O3/c1-16-23(17(2)27(3)26-16)25(29)28(14-19-10-7-13-22-24(19)31-15-30-22)21-12-6-9-18-8-4-5-11-20(18)21/h4-5,7-8,10-11,13,21H,6,9,12,14-15H2,1-3H3. The molecule has 2 aromatic carbocycles. The van der Waals surface area contributed by atoms with Crippen LogP contribution in [-0.4, -0.2) is 27.4 Å². The molecule has 1 aromatic heterocycles. The van der Waals surface area contributed by atoms with E-state index in [1.165, 1.54) is 11.1 Å². The van der Waals surface area contributed by atoms with Gasteiger partial charge in [0.25, 0.3) is 5.91 Å². The van der Waals surface area contributed by atoms with Crippen LogP contribution in [0.2, 0.25) is 0 Å². The number of rotatable bonds is 4. The maximum absolute atomic E-state index is 14.0. The van der Waals surface area contributed by atoms with Gasteiger partial charge in [0.2, 0.25) is 6.79 Å². The van der Waals surface area contributed by atoms with Gasteiger partial charge in [-0.05, 0) is 50.3 Å². The van der Waals surface area contributed by atoms with E-state index >= 15 is 0 Å². The second kappa shape index (κ2) is 7.76. The van der Waals surface area contributed by atoms with Gasteiger partial charge in [-0.1, -0.05) is 36.4 Å². The first-order valence-electron chi connectivity index (χ1n) is 10.8. The summed E-state index contributed by atoms with van der Waals surface area (Å²) < 4.78 is 13.1. The van der Waals surface area contributed by atoms with Crippen LogP contribution in [0.5, 0.6) is 11.5 Å². The average molecular weight is 418 g/mol. The zero-order valence-electron chi connectivity index (χ0n) is 18.2. The number of hydrogen-bond donors (Lipinski definition) is 0. The number of para-hydroxylation sites is 1. The van der Waals surface area contributed by atoms with Crippen molar-refractivity contribution >= 4 is 5.91 Å². The number of fused-ring (bicyclic) bond motifs is 2. The number of hydrogen-bond acceptors (Lipinski definition) is 4. The summed E-state index contributed by atoms with van der Waals surface area (Å²) in [4.78, 5) is 16.0. The van der Waals surface area contributed by atoms with E-state index < -0.39 is 0 Å². The number of carbonyl (C=O) groups excluding carboxylic acids is 1. The first-order valence-corrected chi connectivity index (χ1v) is 10.8. The third-order valence-corrected chi connectivity index (χ3v) is 6.52. The van der Waals surface area contributed by atoms with Gasteiger partial charge in [-0.3, -0.25) is 9.48 Å². The lowest BCUT2D eigenvalue weighted by Crippen LogP contribution is -2.37. The first-order chi connectivity index (χ1) is 15.0. The highest BCUT2D eigenvalue weighted by molar-refractivity contribution is 5.96. The summed E-state index contributed by atoms with van der Waals surface area (Å²) in [7, 11) is 1.88. The van der Waals surface area contributed by atoms with E-state index in [2.05, 4.69) is 29.4 Å². The summed E-state index contributed by atoms with van der Waals surface area (Å²) in [5, 5.41) is 4.49. The maximum atomic E-state index is 14.0. The van der Waals surface area contributed by atoms with Crippen LogP contribution >= 0.6 is 0 Å². The van der Waals surface area contributed by atoms with Gasteiger partial charge in [0, 0.05) is 18.3 Å². The predicted octanol–water partition coefficient (Wildman–Crippen LogP) is 4.49. The van der Waals surface area contributed by atoms with Crippen molar-refractivity contribution in [1.29, 1.82) is 0 Å². The fraction of sp³-hybridized carbons (Fsp3) is 0.360. The fourth-order valence-corrected chi connectivity index (χ4v) is 4.90. The van der Waals surface area contributed by atoms with E-state index in [9.17, 15) is 4.79 Å². The van der Waals surface area contributed by atoms with Gasteiger partial charge < -0.3 is 14.4 Å². The second-order valence-corrected chi connectivity index (χ2v) is 8.36. The Bertz CT molecular complexity index is 1150. The molecule has 0 radical (unpaired) electrons. The van der Waals surface area contributed by atoms with Crippen LogP contribution < -0.4 is 9.47 Å². The van der Waals surface area contributed by atoms with Crippen molar-refractivity contribution in [1.82, 2.24) is 14.7 Å². The lowest BCUT2D eigenvalue weighted by atomic mass is 9.86. The molecule has 3 aromatic rings. The van der Waals surface area contributed by atoms with Crippen LogP contribution in [0, 0.1) is 13.8 Å². The lowest BCUT2D eigenvalue weighted by molar-refractivity contribution is 0.0634. The van der Waals surface area contributed by atoms with Crippen LogP contribution in [0.3, 0.4) is 0 Å². The van der Waals surface area contributed by atoms with Crippen molar-refractivity contribution in [2.24, 2.45) is 7.05 Å². The highest BCUT2D eigenvalue weighted by Crippen LogP contribution is 2.40. The summed E-state index contributed by atoms with van der Waals surface area (Å²) in [6.45, 7) is 4.54. The molecule has 1 aliphatic heterocycles. The number of nitrogens with zero attached hydrogens (tertiary/aromatic N) is 3. The van der Waals surface area contributed by atoms with Crippen LogP contribution in [0.4, 0.5) is 0 Å². The summed E-state index contributed by atoms with van der Waals surface area (Å²) >= 11 is 0. The van der Waals surface area contributed by atoms with Crippen molar-refractivity contribution in [2.45, 2.75) is 45.7 Å². The molecule has 1 unspecified atom stereocenters. The molecule has 6 nitrogen and oxygen atoms in total. The van der Waals surface area contributed by atoms with Crippen molar-refractivity contribution < 1.29 is 14.3 Å². The molecule has 6 heteroatoms. The summed E-state index contributed by atoms with van der Waals surface area (Å²) in [6.07, 6.45) is 3.05. The van der Waals surface area contributed by atoms with Crippen molar-refractivity contribution in [2.75, 3.05) is 6.79 Å². The zero-order valence-corrected chi connectivity index (χ0v) is 18.2. The first kappa shape index (κ1) is 19.7. The number of benzene rings is 2. The Labute approximate surface area is 182 Å². The molecule has 0 N–H and O–H groups in total. The normalized spacial score (nSPS) is 16.8. The van der Waals surface area contributed by atoms with E-state index in [1.807, 2.05) is 44.0 Å². The van der Waals surface area contributed by atoms with E-state index in [1.54, 1.807) is 4.68 Å². The summed E-state index contributed by atoms with van der Waals surface area (Å²) in [6, 6.07) is 14.4. The molecule has 5 rings (SSSR count). The number of aryl methyl sites for hydroxylation is 3. The molecule has 0 saturated heterocycles. The molecule has 0 bridgehead atoms. The third-order valence-electron chi connectivity index (χ3n) is 6.52. The number of aromatic nitrogens is 2. The SMILES string of the molecule is Cc1nn(C)c(C)c1C(=O)N(Cc1cccc2c1OCO2)C1CCCc2ccccc21. The quantitative estimate of drug-likeness (QED) is 0.628. The van der Waals surface area contributed by atoms with Crippen molar-refractivity contribution in [3.05, 3.63) is 76.1 Å². The fourth-order valence-electron chi connectivity index (χ4n) is 4.90. The Morgan fingerprint density at radius 1 is 1.16 bits per heavy atom. The monoisotopic (exact) mass is 417 g/mol. The topological polar surface area (TPSA) is 56.6 Å². The Morgan fingerprint density at radius 3 is 2.81 bits per heavy atom. The van der Waals surface area contributed by atoms with E-state index in [0.717, 1.165) is 47.7 Å². The number of carbonyl (C=O) groups is 1. The Morgan fingerprint density at radius 2 is 2.00 bits per heavy atom. The van der Waals surface area contributed by atoms with Gasteiger partial charge in [0.05, 0.1) is 23.8 Å². The molecule has 2 aliphatic rings. The largest absolute Gasteiger partial charge is 0.454 e. The molecule has 160 valence electrons. The van der Waals surface area contributed by atoms with Crippen LogP contribution in [-0.2, 0) is 20.0 Å². The highest BCUT2D eigenvalue weighted by Gasteiger charge is 2.33. The van der Waals surface area contributed by atoms with Gasteiger partial charge in [-0.15, -0.1) is 0 Å². The summed E-state index contributed by atoms with van der Waals surface area (Å²) in [5.74, 6) is 1.49. The minimum Gasteiger partial charge on any atom is -0.454 e. The zero-order chi connectivity index (χ0) is 21.5. The van der Waals surface area contributed by atoms with Crippen LogP contribution in [0.15, 0.2) is 42.5 Å². The van der Waals surface area contributed by atoms with Gasteiger partial charge in [0.1, 0.15) is 0 Å². The van der Waals surface area contributed by atoms with E-state index in [4.69, 9.17) is 9.47 Å². The Hall–Kier alpha value is -3.28. The molecule has 0 saturated carbocycles. The molecule has 1 aliphatic carbocycles. The van der Waals surface area contributed by atoms with Crippen LogP contribution in [0.25, 0.3) is 0 Å². The van der Waals surface area contributed by atoms with Gasteiger partial charge >= 0.3 is 0 Å². The number of amides is 1. The molecular weight excluding hydrogens is 390 g/mol. The summed E-state index contributed by atoms with van der Waals surface area (Å²) in [5.41, 5.74) is 5.87. The third kappa shape index (κ3) is 3.36. The van der Waals surface area contributed by atoms with Gasteiger partial charge in [-0.25, -0.2) is 0 Å². The average Bonchev–Trinajstić information content (AvgIpc) is 3.36. The van der Waals surface area contributed by atoms with Crippen molar-refractivity contribution in [3.8, 4) is 11.5 Å². The van der Waals surface area contributed by atoms with Crippen molar-refractivity contribution in [3.63, 3.8) is 0 Å². The lowest BCUT2D eigenvalue weighted by Gasteiger charge is -2.36. The molecule has 31 heavy (non-hydrogen) atoms. The minimum atomic E-state index is 0.00892. The molecule has 0 fully saturated rings. The van der Waals surface area contributed by atoms with E-state index in [0.29, 0.717) is 12.1 Å². The Kier molecular flexibility index (Phi) is 4.93. The molecule has 0 spiro atoms. The number of ether oxygens (including phenoxy) is 2. The highest BCUT2D eigenvalue weighted by atomic mass is 16.7. The second-order valence-electron chi connectivity index (χ2n) is 8.36. The van der Waals surface area contributed by atoms with Gasteiger partial charge in [0.15, 0.2) is 11.5 Å². The molecule has 1 amide bonds. The Balaban J connectivity index is 1.60. The minimum absolute atomic E-state index is 0.00892. The van der Waals surface area contributed by atoms with Crippen LogP contribution in [0.1, 0.15) is 57.3 Å². The molecular formula is C25H27N3O3. The smallest absolute Gasteiger partial charge is 0.258 e.